The van der Waals surface area contributed by atoms with Crippen molar-refractivity contribution < 1.29 is 9.18 Å². The number of benzene rings is 2. The van der Waals surface area contributed by atoms with E-state index in [-0.39, 0.29) is 11.7 Å². The highest BCUT2D eigenvalue weighted by atomic mass is 19.1. The van der Waals surface area contributed by atoms with Gasteiger partial charge in [-0.25, -0.2) is 9.07 Å². The van der Waals surface area contributed by atoms with Crippen LogP contribution in [0.2, 0.25) is 0 Å². The van der Waals surface area contributed by atoms with Gasteiger partial charge in [-0.05, 0) is 56.0 Å². The van der Waals surface area contributed by atoms with Crippen molar-refractivity contribution in [2.75, 3.05) is 25.5 Å². The summed E-state index contributed by atoms with van der Waals surface area (Å²) in [5.74, 6) is -0.426. The minimum Gasteiger partial charge on any atom is -0.378 e. The highest BCUT2D eigenvalue weighted by Crippen LogP contribution is 2.29. The van der Waals surface area contributed by atoms with E-state index >= 15 is 0 Å². The third kappa shape index (κ3) is 3.70. The molecule has 1 aromatic heterocycles. The zero-order valence-corrected chi connectivity index (χ0v) is 17.7. The summed E-state index contributed by atoms with van der Waals surface area (Å²) in [5.41, 5.74) is 4.96. The number of para-hydroxylation sites is 1. The second-order valence-electron chi connectivity index (χ2n) is 7.87. The molecule has 2 aromatic carbocycles. The number of amides is 1. The zero-order valence-electron chi connectivity index (χ0n) is 17.7. The number of anilines is 1. The molecule has 0 N–H and O–H groups in total. The molecule has 0 unspecified atom stereocenters. The number of fused-ring (bicyclic) bond motifs is 1. The molecule has 4 rings (SSSR count). The van der Waals surface area contributed by atoms with Gasteiger partial charge in [0, 0.05) is 44.1 Å². The summed E-state index contributed by atoms with van der Waals surface area (Å²) in [7, 11) is 4.01. The lowest BCUT2D eigenvalue weighted by Gasteiger charge is -2.21. The van der Waals surface area contributed by atoms with Gasteiger partial charge in [0.25, 0.3) is 5.91 Å². The minimum atomic E-state index is -0.331. The molecule has 0 bridgehead atoms. The van der Waals surface area contributed by atoms with Crippen molar-refractivity contribution in [3.05, 3.63) is 76.9 Å². The Labute approximate surface area is 176 Å². The van der Waals surface area contributed by atoms with Crippen molar-refractivity contribution in [2.45, 2.75) is 32.7 Å². The molecule has 0 saturated carbocycles. The number of hydrogen-bond acceptors (Lipinski definition) is 3. The number of halogens is 1. The minimum absolute atomic E-state index is 0.0950. The predicted octanol–water partition coefficient (Wildman–Crippen LogP) is 4.23. The maximum Gasteiger partial charge on any atom is 0.274 e. The smallest absolute Gasteiger partial charge is 0.274 e. The number of carbonyl (C=O) groups excluding carboxylic acids is 1. The van der Waals surface area contributed by atoms with E-state index in [1.807, 2.05) is 38.1 Å². The lowest BCUT2D eigenvalue weighted by Crippen LogP contribution is -2.31. The molecule has 1 heterocycles. The molecule has 0 saturated heterocycles. The number of hydrogen-bond donors (Lipinski definition) is 0. The van der Waals surface area contributed by atoms with Crippen molar-refractivity contribution in [2.24, 2.45) is 0 Å². The van der Waals surface area contributed by atoms with Gasteiger partial charge in [-0.15, -0.1) is 0 Å². The molecule has 5 nitrogen and oxygen atoms in total. The Hall–Kier alpha value is -3.15. The molecule has 0 radical (unpaired) electrons. The highest BCUT2D eigenvalue weighted by Gasteiger charge is 2.29. The lowest BCUT2D eigenvalue weighted by atomic mass is 10.1. The van der Waals surface area contributed by atoms with Gasteiger partial charge in [0.2, 0.25) is 0 Å². The normalized spacial score (nSPS) is 12.7. The molecule has 1 aliphatic rings. The summed E-state index contributed by atoms with van der Waals surface area (Å²) in [6, 6.07) is 14.8. The third-order valence-corrected chi connectivity index (χ3v) is 5.71. The Morgan fingerprint density at radius 3 is 2.50 bits per heavy atom. The maximum atomic E-state index is 14.4. The van der Waals surface area contributed by atoms with E-state index in [0.29, 0.717) is 24.5 Å². The van der Waals surface area contributed by atoms with Crippen molar-refractivity contribution in [3.63, 3.8) is 0 Å². The molecule has 30 heavy (non-hydrogen) atoms. The van der Waals surface area contributed by atoms with Gasteiger partial charge >= 0.3 is 0 Å². The van der Waals surface area contributed by atoms with Gasteiger partial charge in [-0.2, -0.15) is 5.10 Å². The molecule has 0 spiro atoms. The van der Waals surface area contributed by atoms with Crippen LogP contribution >= 0.6 is 0 Å². The molecule has 0 fully saturated rings. The van der Waals surface area contributed by atoms with Gasteiger partial charge in [0.1, 0.15) is 11.5 Å². The predicted molar refractivity (Wildman–Crippen MR) is 117 cm³/mol. The van der Waals surface area contributed by atoms with E-state index in [4.69, 9.17) is 0 Å². The highest BCUT2D eigenvalue weighted by molar-refractivity contribution is 5.94. The first kappa shape index (κ1) is 20.1. The second kappa shape index (κ2) is 8.30. The monoisotopic (exact) mass is 406 g/mol. The first-order valence-corrected chi connectivity index (χ1v) is 10.4. The van der Waals surface area contributed by atoms with Crippen LogP contribution in [0.5, 0.6) is 0 Å². The van der Waals surface area contributed by atoms with E-state index < -0.39 is 0 Å². The Bertz CT molecular complexity index is 1060. The first-order valence-electron chi connectivity index (χ1n) is 10.4. The van der Waals surface area contributed by atoms with Gasteiger partial charge in [0.05, 0.1) is 0 Å². The average molecular weight is 407 g/mol. The zero-order chi connectivity index (χ0) is 21.3. The topological polar surface area (TPSA) is 41.4 Å². The van der Waals surface area contributed by atoms with Crippen LogP contribution in [0.1, 0.15) is 40.7 Å². The van der Waals surface area contributed by atoms with E-state index in [1.54, 1.807) is 27.8 Å². The molecule has 0 aliphatic heterocycles. The van der Waals surface area contributed by atoms with Gasteiger partial charge in [0.15, 0.2) is 5.69 Å². The SMILES string of the molecule is CCN(Cc1ccc(N(C)C)cc1)C(=O)c1nn(-c2ccccc2F)c2c1CCC2. The van der Waals surface area contributed by atoms with Gasteiger partial charge in [-0.3, -0.25) is 4.79 Å². The van der Waals surface area contributed by atoms with E-state index in [0.717, 1.165) is 41.8 Å². The lowest BCUT2D eigenvalue weighted by molar-refractivity contribution is 0.0745. The van der Waals surface area contributed by atoms with Crippen LogP contribution in [-0.4, -0.2) is 41.2 Å². The van der Waals surface area contributed by atoms with Crippen LogP contribution in [0.25, 0.3) is 5.69 Å². The molecular formula is C24H27FN4O. The molecule has 1 amide bonds. The Kier molecular flexibility index (Phi) is 5.57. The number of nitrogens with zero attached hydrogens (tertiary/aromatic N) is 4. The maximum absolute atomic E-state index is 14.4. The Balaban J connectivity index is 1.63. The van der Waals surface area contributed by atoms with Crippen molar-refractivity contribution in [3.8, 4) is 5.69 Å². The van der Waals surface area contributed by atoms with E-state index in [9.17, 15) is 9.18 Å². The summed E-state index contributed by atoms with van der Waals surface area (Å²) in [5, 5.41) is 4.59. The fraction of sp³-hybridized carbons (Fsp3) is 0.333. The Morgan fingerprint density at radius 2 is 1.83 bits per heavy atom. The molecular weight excluding hydrogens is 379 g/mol. The van der Waals surface area contributed by atoms with E-state index in [2.05, 4.69) is 17.2 Å². The van der Waals surface area contributed by atoms with Crippen LogP contribution in [0.3, 0.4) is 0 Å². The van der Waals surface area contributed by atoms with Gasteiger partial charge in [-0.1, -0.05) is 24.3 Å². The summed E-state index contributed by atoms with van der Waals surface area (Å²) >= 11 is 0. The molecule has 3 aromatic rings. The molecule has 156 valence electrons. The second-order valence-corrected chi connectivity index (χ2v) is 7.87. The summed E-state index contributed by atoms with van der Waals surface area (Å²) in [4.78, 5) is 17.2. The number of aromatic nitrogens is 2. The standard InChI is InChI=1S/C24H27FN4O/c1-4-28(16-17-12-14-18(15-13-17)27(2)3)24(30)23-19-8-7-11-21(19)29(26-23)22-10-6-5-9-20(22)25/h5-6,9-10,12-15H,4,7-8,11,16H2,1-3H3. The van der Waals surface area contributed by atoms with Crippen molar-refractivity contribution >= 4 is 11.6 Å². The Morgan fingerprint density at radius 1 is 1.10 bits per heavy atom. The van der Waals surface area contributed by atoms with Crippen LogP contribution in [0.4, 0.5) is 10.1 Å². The molecule has 6 heteroatoms. The third-order valence-electron chi connectivity index (χ3n) is 5.71. The van der Waals surface area contributed by atoms with Crippen LogP contribution in [0.15, 0.2) is 48.5 Å². The molecule has 1 aliphatic carbocycles. The largest absolute Gasteiger partial charge is 0.378 e. The molecule has 0 atom stereocenters. The quantitative estimate of drug-likeness (QED) is 0.615. The average Bonchev–Trinajstić information content (AvgIpc) is 3.35. The summed E-state index contributed by atoms with van der Waals surface area (Å²) < 4.78 is 16.0. The summed E-state index contributed by atoms with van der Waals surface area (Å²) in [6.07, 6.45) is 2.57. The fourth-order valence-electron chi connectivity index (χ4n) is 4.03. The van der Waals surface area contributed by atoms with Gasteiger partial charge < -0.3 is 9.80 Å². The first-order chi connectivity index (χ1) is 14.5. The van der Waals surface area contributed by atoms with E-state index in [1.165, 1.54) is 6.07 Å². The van der Waals surface area contributed by atoms with Crippen molar-refractivity contribution in [1.29, 1.82) is 0 Å². The van der Waals surface area contributed by atoms with Crippen molar-refractivity contribution in [1.82, 2.24) is 14.7 Å². The van der Waals surface area contributed by atoms with Crippen LogP contribution in [0, 0.1) is 5.82 Å². The number of rotatable bonds is 6. The van der Waals surface area contributed by atoms with Crippen LogP contribution in [-0.2, 0) is 19.4 Å². The summed E-state index contributed by atoms with van der Waals surface area (Å²) in [6.45, 7) is 3.07. The number of carbonyl (C=O) groups is 1. The van der Waals surface area contributed by atoms with Crippen LogP contribution < -0.4 is 4.90 Å². The fourth-order valence-corrected chi connectivity index (χ4v) is 4.03.